The molecule has 1 heterocycles. The number of aromatic carboxylic acids is 1. The second-order valence-electron chi connectivity index (χ2n) is 5.93. The zero-order chi connectivity index (χ0) is 20.1. The molecule has 0 bridgehead atoms. The van der Waals surface area contributed by atoms with E-state index in [1.54, 1.807) is 42.5 Å². The number of fused-ring (bicyclic) bond motifs is 1. The smallest absolute Gasteiger partial charge is 0.275 e. The maximum Gasteiger partial charge on any atom is 0.275 e. The minimum absolute atomic E-state index is 0.102. The van der Waals surface area contributed by atoms with Gasteiger partial charge in [0.15, 0.2) is 0 Å². The number of nitriles is 1. The van der Waals surface area contributed by atoms with Gasteiger partial charge in [-0.25, -0.2) is 4.68 Å². The zero-order valence-electron chi connectivity index (χ0n) is 14.7. The van der Waals surface area contributed by atoms with Gasteiger partial charge in [0.2, 0.25) is 5.91 Å². The monoisotopic (exact) mass is 375 g/mol. The average molecular weight is 375 g/mol. The van der Waals surface area contributed by atoms with Crippen LogP contribution in [0.1, 0.15) is 16.9 Å². The second kappa shape index (κ2) is 8.14. The van der Waals surface area contributed by atoms with Gasteiger partial charge in [-0.3, -0.25) is 9.59 Å². The molecule has 0 fully saturated rings. The summed E-state index contributed by atoms with van der Waals surface area (Å²) in [6.07, 6.45) is 0.102. The summed E-state index contributed by atoms with van der Waals surface area (Å²) in [6, 6.07) is 16.8. The number of aromatic nitrogens is 2. The normalized spacial score (nSPS) is 10.4. The largest absolute Gasteiger partial charge is 0.543 e. The standard InChI is InChI=1S/C20H16N4O4/c21-11-6-12-23(14-7-2-1-3-8-14)17(25)13-24-19(26)16-10-5-4-9-15(16)18(22-24)20(27)28/h1-5,7-10H,6,12-13H2,(H,27,28)/p-1. The number of hydrogen-bond acceptors (Lipinski definition) is 6. The Balaban J connectivity index is 2.02. The summed E-state index contributed by atoms with van der Waals surface area (Å²) >= 11 is 0. The lowest BCUT2D eigenvalue weighted by Gasteiger charge is -2.22. The van der Waals surface area contributed by atoms with Crippen LogP contribution < -0.4 is 15.6 Å². The number of carboxylic acid groups (broad SMARTS) is 1. The van der Waals surface area contributed by atoms with Gasteiger partial charge in [-0.15, -0.1) is 0 Å². The second-order valence-corrected chi connectivity index (χ2v) is 5.93. The van der Waals surface area contributed by atoms with Crippen LogP contribution in [0.15, 0.2) is 59.4 Å². The summed E-state index contributed by atoms with van der Waals surface area (Å²) in [5, 5.41) is 24.4. The Morgan fingerprint density at radius 3 is 2.36 bits per heavy atom. The highest BCUT2D eigenvalue weighted by Gasteiger charge is 2.19. The molecule has 0 aliphatic rings. The molecule has 0 aliphatic heterocycles. The summed E-state index contributed by atoms with van der Waals surface area (Å²) in [6.45, 7) is -0.334. The molecule has 140 valence electrons. The fourth-order valence-electron chi connectivity index (χ4n) is 2.87. The van der Waals surface area contributed by atoms with E-state index in [1.165, 1.54) is 17.0 Å². The topological polar surface area (TPSA) is 119 Å². The van der Waals surface area contributed by atoms with E-state index in [9.17, 15) is 19.5 Å². The molecule has 8 heteroatoms. The third kappa shape index (κ3) is 3.73. The van der Waals surface area contributed by atoms with Crippen LogP contribution in [-0.2, 0) is 11.3 Å². The number of hydrogen-bond donors (Lipinski definition) is 0. The summed E-state index contributed by atoms with van der Waals surface area (Å²) in [5.74, 6) is -2.03. The van der Waals surface area contributed by atoms with Gasteiger partial charge in [0.05, 0.1) is 23.8 Å². The Morgan fingerprint density at radius 2 is 1.71 bits per heavy atom. The highest BCUT2D eigenvalue weighted by molar-refractivity contribution is 6.00. The van der Waals surface area contributed by atoms with E-state index in [4.69, 9.17) is 5.26 Å². The molecule has 0 atom stereocenters. The predicted molar refractivity (Wildman–Crippen MR) is 99.4 cm³/mol. The fraction of sp³-hybridized carbons (Fsp3) is 0.150. The molecule has 8 nitrogen and oxygen atoms in total. The van der Waals surface area contributed by atoms with E-state index in [1.807, 2.05) is 6.07 Å². The number of carbonyl (C=O) groups excluding carboxylic acids is 2. The number of anilines is 1. The number of para-hydroxylation sites is 1. The maximum absolute atomic E-state index is 12.8. The van der Waals surface area contributed by atoms with Gasteiger partial charge < -0.3 is 14.8 Å². The summed E-state index contributed by atoms with van der Waals surface area (Å²) < 4.78 is 0.818. The fourth-order valence-corrected chi connectivity index (χ4v) is 2.87. The minimum Gasteiger partial charge on any atom is -0.543 e. The van der Waals surface area contributed by atoms with Crippen molar-refractivity contribution in [2.45, 2.75) is 13.0 Å². The molecule has 3 aromatic rings. The molecule has 28 heavy (non-hydrogen) atoms. The Bertz CT molecular complexity index is 1130. The van der Waals surface area contributed by atoms with Crippen molar-refractivity contribution in [3.05, 3.63) is 70.6 Å². The first-order chi connectivity index (χ1) is 13.5. The van der Waals surface area contributed by atoms with Gasteiger partial charge in [0.1, 0.15) is 12.2 Å². The Hall–Kier alpha value is -3.99. The van der Waals surface area contributed by atoms with Gasteiger partial charge in [-0.05, 0) is 18.2 Å². The molecule has 0 radical (unpaired) electrons. The lowest BCUT2D eigenvalue weighted by molar-refractivity contribution is -0.255. The molecule has 0 spiro atoms. The third-order valence-electron chi connectivity index (χ3n) is 4.16. The van der Waals surface area contributed by atoms with Crippen molar-refractivity contribution in [2.75, 3.05) is 11.4 Å². The van der Waals surface area contributed by atoms with Crippen molar-refractivity contribution >= 4 is 28.3 Å². The Labute approximate surface area is 159 Å². The van der Waals surface area contributed by atoms with Crippen molar-refractivity contribution in [3.63, 3.8) is 0 Å². The van der Waals surface area contributed by atoms with E-state index < -0.39 is 29.7 Å². The van der Waals surface area contributed by atoms with Crippen LogP contribution >= 0.6 is 0 Å². The summed E-state index contributed by atoms with van der Waals surface area (Å²) in [5.41, 5.74) is -0.426. The average Bonchev–Trinajstić information content (AvgIpc) is 2.71. The minimum atomic E-state index is -1.54. The number of nitrogens with zero attached hydrogens (tertiary/aromatic N) is 4. The van der Waals surface area contributed by atoms with Gasteiger partial charge >= 0.3 is 0 Å². The highest BCUT2D eigenvalue weighted by atomic mass is 16.4. The Morgan fingerprint density at radius 1 is 1.07 bits per heavy atom. The lowest BCUT2D eigenvalue weighted by atomic mass is 10.1. The van der Waals surface area contributed by atoms with Crippen molar-refractivity contribution in [2.24, 2.45) is 0 Å². The first kappa shape index (κ1) is 18.8. The first-order valence-electron chi connectivity index (χ1n) is 8.46. The van der Waals surface area contributed by atoms with Gasteiger partial charge in [-0.1, -0.05) is 36.4 Å². The predicted octanol–water partition coefficient (Wildman–Crippen LogP) is 0.707. The maximum atomic E-state index is 12.8. The molecule has 0 unspecified atom stereocenters. The number of rotatable bonds is 6. The van der Waals surface area contributed by atoms with Crippen molar-refractivity contribution in [3.8, 4) is 6.07 Å². The summed E-state index contributed by atoms with van der Waals surface area (Å²) in [7, 11) is 0. The molecule has 0 saturated heterocycles. The first-order valence-corrected chi connectivity index (χ1v) is 8.46. The molecule has 3 rings (SSSR count). The quantitative estimate of drug-likeness (QED) is 0.626. The van der Waals surface area contributed by atoms with E-state index in [0.717, 1.165) is 4.68 Å². The molecule has 0 N–H and O–H groups in total. The molecule has 1 aromatic heterocycles. The summed E-state index contributed by atoms with van der Waals surface area (Å²) in [4.78, 5) is 38.3. The number of carbonyl (C=O) groups is 2. The van der Waals surface area contributed by atoms with E-state index in [2.05, 4.69) is 5.10 Å². The van der Waals surface area contributed by atoms with Crippen LogP contribution in [0.4, 0.5) is 5.69 Å². The van der Waals surface area contributed by atoms with Crippen molar-refractivity contribution in [1.29, 1.82) is 5.26 Å². The SMILES string of the molecule is N#CCCN(C(=O)Cn1nc(C(=O)[O-])c2ccccc2c1=O)c1ccccc1. The van der Waals surface area contributed by atoms with Crippen LogP contribution in [0.2, 0.25) is 0 Å². The zero-order valence-corrected chi connectivity index (χ0v) is 14.7. The van der Waals surface area contributed by atoms with Crippen LogP contribution in [0, 0.1) is 11.3 Å². The van der Waals surface area contributed by atoms with Crippen LogP contribution in [0.5, 0.6) is 0 Å². The molecular formula is C20H15N4O4-. The molecule has 1 amide bonds. The molecule has 0 saturated carbocycles. The van der Waals surface area contributed by atoms with Crippen LogP contribution in [0.3, 0.4) is 0 Å². The van der Waals surface area contributed by atoms with E-state index in [0.29, 0.717) is 5.69 Å². The number of benzene rings is 2. The highest BCUT2D eigenvalue weighted by Crippen LogP contribution is 2.15. The lowest BCUT2D eigenvalue weighted by Crippen LogP contribution is -2.39. The van der Waals surface area contributed by atoms with E-state index in [-0.39, 0.29) is 23.7 Å². The Kier molecular flexibility index (Phi) is 5.46. The molecule has 0 aliphatic carbocycles. The van der Waals surface area contributed by atoms with Crippen LogP contribution in [-0.4, -0.2) is 28.2 Å². The molecule has 2 aromatic carbocycles. The number of carboxylic acids is 1. The van der Waals surface area contributed by atoms with Gasteiger partial charge in [0.25, 0.3) is 5.56 Å². The number of amides is 1. The molecular weight excluding hydrogens is 360 g/mol. The van der Waals surface area contributed by atoms with E-state index >= 15 is 0 Å². The van der Waals surface area contributed by atoms with Crippen molar-refractivity contribution in [1.82, 2.24) is 9.78 Å². The third-order valence-corrected chi connectivity index (χ3v) is 4.16. The van der Waals surface area contributed by atoms with Crippen molar-refractivity contribution < 1.29 is 14.7 Å². The van der Waals surface area contributed by atoms with Gasteiger partial charge in [0, 0.05) is 17.6 Å². The van der Waals surface area contributed by atoms with Gasteiger partial charge in [-0.2, -0.15) is 10.4 Å². The van der Waals surface area contributed by atoms with Crippen LogP contribution in [0.25, 0.3) is 10.8 Å².